The maximum absolute atomic E-state index is 5.75. The summed E-state index contributed by atoms with van der Waals surface area (Å²) >= 11 is 5.75. The van der Waals surface area contributed by atoms with Gasteiger partial charge < -0.3 is 5.32 Å². The van der Waals surface area contributed by atoms with Crippen molar-refractivity contribution in [3.8, 4) is 12.3 Å². The van der Waals surface area contributed by atoms with E-state index >= 15 is 0 Å². The highest BCUT2D eigenvalue weighted by Crippen LogP contribution is 2.17. The molecular formula is C11H13ClN2. The van der Waals surface area contributed by atoms with Crippen LogP contribution >= 0.6 is 11.6 Å². The Morgan fingerprint density at radius 1 is 1.64 bits per heavy atom. The number of aromatic nitrogens is 1. The summed E-state index contributed by atoms with van der Waals surface area (Å²) in [7, 11) is 1.90. The topological polar surface area (TPSA) is 24.9 Å². The van der Waals surface area contributed by atoms with Crippen molar-refractivity contribution in [2.75, 3.05) is 7.05 Å². The fourth-order valence-electron chi connectivity index (χ4n) is 1.26. The van der Waals surface area contributed by atoms with Crippen LogP contribution in [0.4, 0.5) is 0 Å². The monoisotopic (exact) mass is 208 g/mol. The largest absolute Gasteiger partial charge is 0.312 e. The number of halogens is 1. The van der Waals surface area contributed by atoms with Gasteiger partial charge in [-0.1, -0.05) is 11.6 Å². The first-order valence-electron chi connectivity index (χ1n) is 4.50. The van der Waals surface area contributed by atoms with Crippen LogP contribution in [0.5, 0.6) is 0 Å². The van der Waals surface area contributed by atoms with E-state index in [4.69, 9.17) is 18.0 Å². The quantitative estimate of drug-likeness (QED) is 0.769. The fraction of sp³-hybridized carbons (Fsp3) is 0.364. The predicted molar refractivity (Wildman–Crippen MR) is 59.1 cm³/mol. The second-order valence-electron chi connectivity index (χ2n) is 2.99. The molecule has 0 aliphatic heterocycles. The van der Waals surface area contributed by atoms with Gasteiger partial charge in [-0.05, 0) is 25.6 Å². The molecule has 0 fully saturated rings. The molecule has 74 valence electrons. The first kappa shape index (κ1) is 11.0. The Morgan fingerprint density at radius 2 is 2.43 bits per heavy atom. The van der Waals surface area contributed by atoms with Gasteiger partial charge in [-0.3, -0.25) is 4.98 Å². The molecule has 0 amide bonds. The minimum Gasteiger partial charge on any atom is -0.312 e. The minimum absolute atomic E-state index is 0.211. The Balaban J connectivity index is 2.69. The molecular weight excluding hydrogens is 196 g/mol. The third-order valence-electron chi connectivity index (χ3n) is 2.03. The van der Waals surface area contributed by atoms with Crippen molar-refractivity contribution >= 4 is 11.6 Å². The summed E-state index contributed by atoms with van der Waals surface area (Å²) in [6, 6.07) is 3.97. The normalized spacial score (nSPS) is 12.1. The molecule has 3 heteroatoms. The Kier molecular flexibility index (Phi) is 4.45. The van der Waals surface area contributed by atoms with Crippen molar-refractivity contribution in [2.45, 2.75) is 18.9 Å². The van der Waals surface area contributed by atoms with Crippen LogP contribution in [0.3, 0.4) is 0 Å². The molecule has 0 aromatic carbocycles. The number of terminal acetylenes is 1. The molecule has 2 nitrogen and oxygen atoms in total. The van der Waals surface area contributed by atoms with Crippen LogP contribution in [0, 0.1) is 12.3 Å². The van der Waals surface area contributed by atoms with E-state index in [-0.39, 0.29) is 6.04 Å². The predicted octanol–water partition coefficient (Wildman–Crippen LogP) is 2.41. The SMILES string of the molecule is C#CCCC(NC)c1ccc(Cl)cn1. The van der Waals surface area contributed by atoms with Gasteiger partial charge in [0.1, 0.15) is 0 Å². The summed E-state index contributed by atoms with van der Waals surface area (Å²) in [6.07, 6.45) is 8.50. The minimum atomic E-state index is 0.211. The molecule has 0 saturated heterocycles. The summed E-state index contributed by atoms with van der Waals surface area (Å²) in [5.41, 5.74) is 0.979. The van der Waals surface area contributed by atoms with E-state index in [0.29, 0.717) is 5.02 Å². The van der Waals surface area contributed by atoms with Crippen LogP contribution in [0.25, 0.3) is 0 Å². The van der Waals surface area contributed by atoms with Crippen LogP contribution in [0.1, 0.15) is 24.6 Å². The molecule has 1 unspecified atom stereocenters. The molecule has 1 rings (SSSR count). The first-order chi connectivity index (χ1) is 6.77. The van der Waals surface area contributed by atoms with Crippen molar-refractivity contribution in [1.29, 1.82) is 0 Å². The van der Waals surface area contributed by atoms with Gasteiger partial charge in [0.15, 0.2) is 0 Å². The molecule has 0 aliphatic rings. The number of hydrogen-bond acceptors (Lipinski definition) is 2. The molecule has 0 bridgehead atoms. The summed E-state index contributed by atoms with van der Waals surface area (Å²) in [5.74, 6) is 2.62. The standard InChI is InChI=1S/C11H13ClN2/c1-3-4-5-10(13-2)11-7-6-9(12)8-14-11/h1,6-8,10,13H,4-5H2,2H3. The molecule has 14 heavy (non-hydrogen) atoms. The molecule has 1 N–H and O–H groups in total. The van der Waals surface area contributed by atoms with E-state index < -0.39 is 0 Å². The Hall–Kier alpha value is -1.04. The second-order valence-corrected chi connectivity index (χ2v) is 3.42. The zero-order chi connectivity index (χ0) is 10.4. The lowest BCUT2D eigenvalue weighted by Crippen LogP contribution is -2.17. The molecule has 0 spiro atoms. The first-order valence-corrected chi connectivity index (χ1v) is 4.88. The number of rotatable bonds is 4. The Bertz CT molecular complexity index is 313. The number of pyridine rings is 1. The smallest absolute Gasteiger partial charge is 0.0589 e. The van der Waals surface area contributed by atoms with Gasteiger partial charge in [-0.25, -0.2) is 0 Å². The van der Waals surface area contributed by atoms with Crippen LogP contribution in [0.2, 0.25) is 5.02 Å². The molecule has 1 aromatic rings. The van der Waals surface area contributed by atoms with Gasteiger partial charge in [0.25, 0.3) is 0 Å². The second kappa shape index (κ2) is 5.64. The third-order valence-corrected chi connectivity index (χ3v) is 2.26. The number of hydrogen-bond donors (Lipinski definition) is 1. The zero-order valence-electron chi connectivity index (χ0n) is 8.13. The van der Waals surface area contributed by atoms with E-state index in [9.17, 15) is 0 Å². The summed E-state index contributed by atoms with van der Waals surface area (Å²) in [5, 5.41) is 3.82. The average molecular weight is 209 g/mol. The molecule has 0 radical (unpaired) electrons. The maximum atomic E-state index is 5.75. The van der Waals surface area contributed by atoms with Gasteiger partial charge in [0, 0.05) is 12.6 Å². The van der Waals surface area contributed by atoms with Crippen LogP contribution < -0.4 is 5.32 Å². The zero-order valence-corrected chi connectivity index (χ0v) is 8.88. The number of nitrogens with zero attached hydrogens (tertiary/aromatic N) is 1. The highest BCUT2D eigenvalue weighted by molar-refractivity contribution is 6.30. The van der Waals surface area contributed by atoms with E-state index in [1.807, 2.05) is 19.2 Å². The Labute approximate surface area is 89.7 Å². The Morgan fingerprint density at radius 3 is 2.93 bits per heavy atom. The average Bonchev–Trinajstić information content (AvgIpc) is 2.21. The van der Waals surface area contributed by atoms with Crippen molar-refractivity contribution < 1.29 is 0 Å². The van der Waals surface area contributed by atoms with Gasteiger partial charge >= 0.3 is 0 Å². The lowest BCUT2D eigenvalue weighted by Gasteiger charge is -2.13. The van der Waals surface area contributed by atoms with Gasteiger partial charge in [0.05, 0.1) is 16.8 Å². The summed E-state index contributed by atoms with van der Waals surface area (Å²) in [4.78, 5) is 4.24. The fourth-order valence-corrected chi connectivity index (χ4v) is 1.37. The number of nitrogens with one attached hydrogen (secondary N) is 1. The summed E-state index contributed by atoms with van der Waals surface area (Å²) < 4.78 is 0. The molecule has 1 heterocycles. The molecule has 1 aromatic heterocycles. The highest BCUT2D eigenvalue weighted by Gasteiger charge is 2.08. The molecule has 0 aliphatic carbocycles. The van der Waals surface area contributed by atoms with Crippen LogP contribution in [-0.4, -0.2) is 12.0 Å². The van der Waals surface area contributed by atoms with Gasteiger partial charge in [-0.15, -0.1) is 12.3 Å². The van der Waals surface area contributed by atoms with Crippen LogP contribution in [0.15, 0.2) is 18.3 Å². The van der Waals surface area contributed by atoms with E-state index in [2.05, 4.69) is 16.2 Å². The molecule has 1 atom stereocenters. The van der Waals surface area contributed by atoms with Crippen molar-refractivity contribution in [2.24, 2.45) is 0 Å². The van der Waals surface area contributed by atoms with E-state index in [1.165, 1.54) is 0 Å². The lowest BCUT2D eigenvalue weighted by molar-refractivity contribution is 0.544. The summed E-state index contributed by atoms with van der Waals surface area (Å²) in [6.45, 7) is 0. The van der Waals surface area contributed by atoms with Crippen LogP contribution in [-0.2, 0) is 0 Å². The van der Waals surface area contributed by atoms with E-state index in [0.717, 1.165) is 18.5 Å². The third kappa shape index (κ3) is 3.02. The van der Waals surface area contributed by atoms with E-state index in [1.54, 1.807) is 6.20 Å². The molecule has 0 saturated carbocycles. The van der Waals surface area contributed by atoms with Crippen molar-refractivity contribution in [1.82, 2.24) is 10.3 Å². The van der Waals surface area contributed by atoms with Crippen molar-refractivity contribution in [3.63, 3.8) is 0 Å². The van der Waals surface area contributed by atoms with Gasteiger partial charge in [-0.2, -0.15) is 0 Å². The van der Waals surface area contributed by atoms with Gasteiger partial charge in [0.2, 0.25) is 0 Å². The van der Waals surface area contributed by atoms with Crippen molar-refractivity contribution in [3.05, 3.63) is 29.0 Å². The lowest BCUT2D eigenvalue weighted by atomic mass is 10.1. The highest BCUT2D eigenvalue weighted by atomic mass is 35.5. The maximum Gasteiger partial charge on any atom is 0.0589 e.